The van der Waals surface area contributed by atoms with Gasteiger partial charge in [0, 0.05) is 31.6 Å². The van der Waals surface area contributed by atoms with Crippen molar-refractivity contribution in [3.8, 4) is 6.07 Å². The Balaban J connectivity index is 1.27. The van der Waals surface area contributed by atoms with Crippen molar-refractivity contribution in [2.24, 2.45) is 5.92 Å². The van der Waals surface area contributed by atoms with Gasteiger partial charge in [-0.3, -0.25) is 4.90 Å². The summed E-state index contributed by atoms with van der Waals surface area (Å²) >= 11 is 0. The molecule has 0 aliphatic carbocycles. The van der Waals surface area contributed by atoms with E-state index in [0.717, 1.165) is 69.0 Å². The largest absolute Gasteiger partial charge is 0.460 e. The smallest absolute Gasteiger partial charge is 0.134 e. The molecule has 4 rings (SSSR count). The molecule has 0 bridgehead atoms. The number of hydrogen-bond donors (Lipinski definition) is 0. The highest BCUT2D eigenvalue weighted by Gasteiger charge is 2.35. The molecule has 2 heterocycles. The first kappa shape index (κ1) is 21.6. The predicted molar refractivity (Wildman–Crippen MR) is 126 cm³/mol. The van der Waals surface area contributed by atoms with Gasteiger partial charge in [0.1, 0.15) is 11.3 Å². The van der Waals surface area contributed by atoms with E-state index < -0.39 is 5.41 Å². The summed E-state index contributed by atoms with van der Waals surface area (Å²) in [6, 6.07) is 23.4. The Hall–Kier alpha value is -2.61. The van der Waals surface area contributed by atoms with E-state index in [4.69, 9.17) is 4.42 Å². The maximum Gasteiger partial charge on any atom is 0.134 e. The Morgan fingerprint density at radius 2 is 1.65 bits per heavy atom. The Labute approximate surface area is 186 Å². The van der Waals surface area contributed by atoms with Crippen LogP contribution in [-0.2, 0) is 12.0 Å². The van der Waals surface area contributed by atoms with Gasteiger partial charge < -0.3 is 9.32 Å². The van der Waals surface area contributed by atoms with Crippen molar-refractivity contribution < 1.29 is 4.42 Å². The maximum atomic E-state index is 10.1. The number of fused-ring (bicyclic) bond motifs is 1. The van der Waals surface area contributed by atoms with E-state index >= 15 is 0 Å². The molecule has 3 aromatic rings. The zero-order valence-electron chi connectivity index (χ0n) is 18.8. The van der Waals surface area contributed by atoms with Gasteiger partial charge in [-0.2, -0.15) is 5.26 Å². The van der Waals surface area contributed by atoms with E-state index in [-0.39, 0.29) is 0 Å². The number of piperazine rings is 1. The monoisotopic (exact) mass is 415 g/mol. The molecule has 2 aromatic carbocycles. The van der Waals surface area contributed by atoms with Gasteiger partial charge in [-0.05, 0) is 43.0 Å². The zero-order valence-corrected chi connectivity index (χ0v) is 18.8. The molecule has 0 saturated carbocycles. The van der Waals surface area contributed by atoms with Crippen LogP contribution in [0.25, 0.3) is 11.0 Å². The molecule has 1 saturated heterocycles. The highest BCUT2D eigenvalue weighted by molar-refractivity contribution is 5.77. The summed E-state index contributed by atoms with van der Waals surface area (Å²) in [6.45, 7) is 10.6. The van der Waals surface area contributed by atoms with Crippen LogP contribution in [0.15, 0.2) is 65.1 Å². The third-order valence-electron chi connectivity index (χ3n) is 6.84. The number of hydrogen-bond acceptors (Lipinski definition) is 4. The lowest BCUT2D eigenvalue weighted by molar-refractivity contribution is 0.118. The van der Waals surface area contributed by atoms with Gasteiger partial charge in [0.15, 0.2) is 0 Å². The fraction of sp³-hybridized carbons (Fsp3) is 0.444. The van der Waals surface area contributed by atoms with Crippen LogP contribution in [0.5, 0.6) is 0 Å². The molecular formula is C27H33N3O. The summed E-state index contributed by atoms with van der Waals surface area (Å²) in [5, 5.41) is 11.3. The molecule has 0 amide bonds. The highest BCUT2D eigenvalue weighted by Crippen LogP contribution is 2.36. The Morgan fingerprint density at radius 1 is 0.968 bits per heavy atom. The first-order valence-electron chi connectivity index (χ1n) is 11.5. The molecule has 0 N–H and O–H groups in total. The van der Waals surface area contributed by atoms with Crippen LogP contribution in [0.1, 0.15) is 38.0 Å². The van der Waals surface area contributed by atoms with Crippen LogP contribution in [0.4, 0.5) is 0 Å². The Kier molecular flexibility index (Phi) is 6.75. The summed E-state index contributed by atoms with van der Waals surface area (Å²) in [5.74, 6) is 1.34. The fourth-order valence-corrected chi connectivity index (χ4v) is 4.84. The van der Waals surface area contributed by atoms with E-state index in [1.54, 1.807) is 0 Å². The van der Waals surface area contributed by atoms with Crippen LogP contribution in [-0.4, -0.2) is 42.5 Å². The van der Waals surface area contributed by atoms with Crippen molar-refractivity contribution in [2.45, 2.75) is 38.6 Å². The summed E-state index contributed by atoms with van der Waals surface area (Å²) in [4.78, 5) is 5.02. The number of para-hydroxylation sites is 1. The standard InChI is InChI=1S/C27H33N3O/c1-22(2)27(21-28,24-10-4-3-5-11-24)13-8-14-29-15-17-30(18-16-29)20-25-19-23-9-6-7-12-26(23)31-25/h3-7,9-12,19,22H,8,13-18,20H2,1-2H3. The molecule has 4 nitrogen and oxygen atoms in total. The van der Waals surface area contributed by atoms with E-state index in [1.165, 1.54) is 5.39 Å². The zero-order chi connectivity index (χ0) is 21.7. The van der Waals surface area contributed by atoms with Crippen LogP contribution >= 0.6 is 0 Å². The van der Waals surface area contributed by atoms with E-state index in [0.29, 0.717) is 5.92 Å². The average Bonchev–Trinajstić information content (AvgIpc) is 3.21. The van der Waals surface area contributed by atoms with Gasteiger partial charge in [-0.15, -0.1) is 0 Å². The number of benzene rings is 2. The van der Waals surface area contributed by atoms with Gasteiger partial charge in [0.05, 0.1) is 18.0 Å². The summed E-state index contributed by atoms with van der Waals surface area (Å²) in [5.41, 5.74) is 1.73. The van der Waals surface area contributed by atoms with Gasteiger partial charge in [0.25, 0.3) is 0 Å². The van der Waals surface area contributed by atoms with Gasteiger partial charge >= 0.3 is 0 Å². The first-order chi connectivity index (χ1) is 15.1. The fourth-order valence-electron chi connectivity index (χ4n) is 4.84. The van der Waals surface area contributed by atoms with Crippen molar-refractivity contribution in [1.29, 1.82) is 5.26 Å². The first-order valence-corrected chi connectivity index (χ1v) is 11.5. The van der Waals surface area contributed by atoms with Crippen molar-refractivity contribution in [3.63, 3.8) is 0 Å². The van der Waals surface area contributed by atoms with Crippen LogP contribution in [0.2, 0.25) is 0 Å². The molecule has 1 atom stereocenters. The highest BCUT2D eigenvalue weighted by atomic mass is 16.3. The number of furan rings is 1. The Morgan fingerprint density at radius 3 is 2.32 bits per heavy atom. The quantitative estimate of drug-likeness (QED) is 0.491. The predicted octanol–water partition coefficient (Wildman–Crippen LogP) is 5.45. The topological polar surface area (TPSA) is 43.4 Å². The lowest BCUT2D eigenvalue weighted by Crippen LogP contribution is -2.46. The maximum absolute atomic E-state index is 10.1. The summed E-state index contributed by atoms with van der Waals surface area (Å²) < 4.78 is 5.99. The minimum Gasteiger partial charge on any atom is -0.460 e. The molecule has 4 heteroatoms. The summed E-state index contributed by atoms with van der Waals surface area (Å²) in [7, 11) is 0. The second-order valence-electron chi connectivity index (χ2n) is 9.08. The van der Waals surface area contributed by atoms with Crippen molar-refractivity contribution in [2.75, 3.05) is 32.7 Å². The molecule has 0 spiro atoms. The van der Waals surface area contributed by atoms with Crippen molar-refractivity contribution in [3.05, 3.63) is 72.0 Å². The van der Waals surface area contributed by atoms with Crippen LogP contribution < -0.4 is 0 Å². The SMILES string of the molecule is CC(C)C(C#N)(CCCN1CCN(Cc2cc3ccccc3o2)CC1)c1ccccc1. The lowest BCUT2D eigenvalue weighted by atomic mass is 9.70. The molecule has 1 unspecified atom stereocenters. The Bertz CT molecular complexity index is 979. The minimum atomic E-state index is -0.398. The van der Waals surface area contributed by atoms with Crippen molar-refractivity contribution in [1.82, 2.24) is 9.80 Å². The second kappa shape index (κ2) is 9.68. The van der Waals surface area contributed by atoms with Gasteiger partial charge in [0.2, 0.25) is 0 Å². The molecule has 162 valence electrons. The number of rotatable bonds is 8. The lowest BCUT2D eigenvalue weighted by Gasteiger charge is -2.36. The molecule has 1 fully saturated rings. The van der Waals surface area contributed by atoms with E-state index in [9.17, 15) is 5.26 Å². The molecule has 1 aliphatic heterocycles. The van der Waals surface area contributed by atoms with Gasteiger partial charge in [-0.1, -0.05) is 62.4 Å². The second-order valence-corrected chi connectivity index (χ2v) is 9.08. The van der Waals surface area contributed by atoms with Crippen LogP contribution in [0, 0.1) is 17.2 Å². The number of nitriles is 1. The van der Waals surface area contributed by atoms with E-state index in [2.05, 4.69) is 60.0 Å². The third-order valence-corrected chi connectivity index (χ3v) is 6.84. The molecular weight excluding hydrogens is 382 g/mol. The molecule has 1 aliphatic rings. The number of nitrogens with zero attached hydrogens (tertiary/aromatic N) is 3. The van der Waals surface area contributed by atoms with E-state index in [1.807, 2.05) is 30.3 Å². The van der Waals surface area contributed by atoms with Crippen molar-refractivity contribution >= 4 is 11.0 Å². The molecule has 31 heavy (non-hydrogen) atoms. The average molecular weight is 416 g/mol. The normalized spacial score (nSPS) is 17.6. The minimum absolute atomic E-state index is 0.292. The van der Waals surface area contributed by atoms with Gasteiger partial charge in [-0.25, -0.2) is 0 Å². The molecule has 0 radical (unpaired) electrons. The third kappa shape index (κ3) is 4.84. The van der Waals surface area contributed by atoms with Crippen LogP contribution in [0.3, 0.4) is 0 Å². The molecule has 1 aromatic heterocycles. The summed E-state index contributed by atoms with van der Waals surface area (Å²) in [6.07, 6.45) is 1.95.